The van der Waals surface area contributed by atoms with Crippen molar-refractivity contribution >= 4 is 13.3 Å². The summed E-state index contributed by atoms with van der Waals surface area (Å²) in [6.45, 7) is 3.81. The number of ether oxygens (including phenoxy) is 1. The highest BCUT2D eigenvalue weighted by molar-refractivity contribution is 7.63. The molecule has 0 bridgehead atoms. The first-order chi connectivity index (χ1) is 13.6. The number of carboxylic acids is 1. The van der Waals surface area contributed by atoms with Gasteiger partial charge in [-0.3, -0.25) is 9.36 Å². The molecule has 0 aliphatic carbocycles. The zero-order chi connectivity index (χ0) is 21.6. The third-order valence-electron chi connectivity index (χ3n) is 3.98. The fraction of sp³-hybridized carbons (Fsp3) is 0.286. The third kappa shape index (κ3) is 7.35. The highest BCUT2D eigenvalue weighted by Gasteiger charge is 2.22. The van der Waals surface area contributed by atoms with E-state index in [1.165, 1.54) is 12.1 Å². The molecule has 0 saturated heterocycles. The number of aliphatic hydroxyl groups excluding tert-OH is 1. The van der Waals surface area contributed by atoms with Crippen molar-refractivity contribution in [2.75, 3.05) is 6.16 Å². The van der Waals surface area contributed by atoms with Gasteiger partial charge in [0.25, 0.3) is 7.37 Å². The van der Waals surface area contributed by atoms with Gasteiger partial charge in [-0.15, -0.1) is 0 Å². The molecular formula is C21H22FO6P. The maximum atomic E-state index is 13.0. The molecule has 0 amide bonds. The van der Waals surface area contributed by atoms with Gasteiger partial charge in [0.05, 0.1) is 24.3 Å². The smallest absolute Gasteiger partial charge is 0.305 e. The van der Waals surface area contributed by atoms with Gasteiger partial charge in [-0.1, -0.05) is 24.1 Å². The molecule has 0 aromatic heterocycles. The summed E-state index contributed by atoms with van der Waals surface area (Å²) in [4.78, 5) is 20.6. The van der Waals surface area contributed by atoms with Crippen LogP contribution in [0.4, 0.5) is 4.39 Å². The molecule has 2 aromatic carbocycles. The Balaban J connectivity index is 2.24. The topological polar surface area (TPSA) is 104 Å². The van der Waals surface area contributed by atoms with Gasteiger partial charge >= 0.3 is 5.97 Å². The van der Waals surface area contributed by atoms with Crippen LogP contribution in [0.15, 0.2) is 36.4 Å². The first-order valence-electron chi connectivity index (χ1n) is 8.79. The second-order valence-corrected chi connectivity index (χ2v) is 8.73. The molecule has 8 heteroatoms. The normalized spacial score (nSPS) is 13.7. The first-order valence-corrected chi connectivity index (χ1v) is 10.6. The minimum Gasteiger partial charge on any atom is -0.488 e. The SMILES string of the molecule is Cc1cc(C)c(C#CP(=O)(O)C[C@@H](O)CC(=O)O)c(OCc2ccc(F)cc2)c1. The molecule has 0 fully saturated rings. The molecule has 3 N–H and O–H groups in total. The second-order valence-electron chi connectivity index (χ2n) is 6.74. The van der Waals surface area contributed by atoms with E-state index >= 15 is 0 Å². The lowest BCUT2D eigenvalue weighted by Crippen LogP contribution is -2.17. The van der Waals surface area contributed by atoms with Crippen molar-refractivity contribution in [2.24, 2.45) is 0 Å². The van der Waals surface area contributed by atoms with Gasteiger partial charge in [0.15, 0.2) is 0 Å². The van der Waals surface area contributed by atoms with Gasteiger partial charge in [-0.2, -0.15) is 0 Å². The van der Waals surface area contributed by atoms with Crippen molar-refractivity contribution in [3.05, 3.63) is 64.5 Å². The molecule has 29 heavy (non-hydrogen) atoms. The molecule has 2 aromatic rings. The zero-order valence-electron chi connectivity index (χ0n) is 16.1. The number of hydrogen-bond acceptors (Lipinski definition) is 4. The van der Waals surface area contributed by atoms with Crippen LogP contribution in [0.2, 0.25) is 0 Å². The van der Waals surface area contributed by atoms with Crippen molar-refractivity contribution in [3.8, 4) is 17.3 Å². The minimum absolute atomic E-state index is 0.159. The Morgan fingerprint density at radius 3 is 2.52 bits per heavy atom. The summed E-state index contributed by atoms with van der Waals surface area (Å²) < 4.78 is 31.1. The number of carbonyl (C=O) groups is 1. The lowest BCUT2D eigenvalue weighted by Gasteiger charge is -2.12. The third-order valence-corrected chi connectivity index (χ3v) is 5.35. The summed E-state index contributed by atoms with van der Waals surface area (Å²) >= 11 is 0. The van der Waals surface area contributed by atoms with Gasteiger partial charge < -0.3 is 19.8 Å². The molecule has 0 radical (unpaired) electrons. The Bertz CT molecular complexity index is 991. The molecule has 0 saturated carbocycles. The van der Waals surface area contributed by atoms with Crippen LogP contribution in [-0.4, -0.2) is 33.3 Å². The number of benzene rings is 2. The van der Waals surface area contributed by atoms with Crippen molar-refractivity contribution in [2.45, 2.75) is 33.0 Å². The predicted octanol–water partition coefficient (Wildman–Crippen LogP) is 3.44. The number of aryl methyl sites for hydroxylation is 2. The van der Waals surface area contributed by atoms with Crippen LogP contribution in [0.5, 0.6) is 5.75 Å². The Kier molecular flexibility index (Phi) is 7.58. The summed E-state index contributed by atoms with van der Waals surface area (Å²) in [7, 11) is -4.08. The van der Waals surface area contributed by atoms with E-state index in [-0.39, 0.29) is 12.4 Å². The molecular weight excluding hydrogens is 398 g/mol. The largest absolute Gasteiger partial charge is 0.488 e. The Morgan fingerprint density at radius 2 is 1.90 bits per heavy atom. The van der Waals surface area contributed by atoms with Gasteiger partial charge in [0.2, 0.25) is 0 Å². The molecule has 2 rings (SSSR count). The van der Waals surface area contributed by atoms with Crippen LogP contribution in [0, 0.1) is 31.2 Å². The van der Waals surface area contributed by atoms with Crippen molar-refractivity contribution in [3.63, 3.8) is 0 Å². The molecule has 0 aliphatic rings. The average Bonchev–Trinajstić information content (AvgIpc) is 2.58. The van der Waals surface area contributed by atoms with Crippen LogP contribution in [0.25, 0.3) is 0 Å². The van der Waals surface area contributed by atoms with Crippen molar-refractivity contribution in [1.29, 1.82) is 0 Å². The van der Waals surface area contributed by atoms with Crippen LogP contribution >= 0.6 is 7.37 Å². The summed E-state index contributed by atoms with van der Waals surface area (Å²) in [5, 5.41) is 18.2. The maximum absolute atomic E-state index is 13.0. The summed E-state index contributed by atoms with van der Waals surface area (Å²) in [5.74, 6) is 1.44. The number of rotatable bonds is 7. The Morgan fingerprint density at radius 1 is 1.24 bits per heavy atom. The Hall–Kier alpha value is -2.65. The van der Waals surface area contributed by atoms with Gasteiger partial charge in [0.1, 0.15) is 18.2 Å². The number of aliphatic carboxylic acids is 1. The van der Waals surface area contributed by atoms with Crippen LogP contribution in [0.3, 0.4) is 0 Å². The molecule has 6 nitrogen and oxygen atoms in total. The number of carboxylic acid groups (broad SMARTS) is 1. The molecule has 0 spiro atoms. The first kappa shape index (κ1) is 22.6. The lowest BCUT2D eigenvalue weighted by molar-refractivity contribution is -0.138. The van der Waals surface area contributed by atoms with Crippen LogP contribution < -0.4 is 4.74 Å². The standard InChI is InChI=1S/C21H22FO6P/c1-14-9-15(2)19(7-8-29(26,27)13-18(23)11-21(24)25)20(10-14)28-12-16-3-5-17(22)6-4-16/h3-6,9-10,18,23H,11-13H2,1-2H3,(H,24,25)(H,26,27)/t18-/m0/s1. The van der Waals surface area contributed by atoms with Gasteiger partial charge in [-0.25, -0.2) is 4.39 Å². The fourth-order valence-electron chi connectivity index (χ4n) is 2.69. The van der Waals surface area contributed by atoms with E-state index < -0.39 is 32.0 Å². The average molecular weight is 420 g/mol. The van der Waals surface area contributed by atoms with E-state index in [0.717, 1.165) is 16.7 Å². The number of hydrogen-bond donors (Lipinski definition) is 3. The lowest BCUT2D eigenvalue weighted by atomic mass is 10.0. The van der Waals surface area contributed by atoms with Gasteiger partial charge in [0, 0.05) is 0 Å². The van der Waals surface area contributed by atoms with Crippen molar-refractivity contribution < 1.29 is 33.6 Å². The van der Waals surface area contributed by atoms with E-state index in [0.29, 0.717) is 11.3 Å². The van der Waals surface area contributed by atoms with E-state index in [1.807, 2.05) is 13.0 Å². The van der Waals surface area contributed by atoms with Crippen molar-refractivity contribution in [1.82, 2.24) is 0 Å². The molecule has 0 aliphatic heterocycles. The van der Waals surface area contributed by atoms with Crippen LogP contribution in [-0.2, 0) is 16.0 Å². The van der Waals surface area contributed by atoms with E-state index in [1.54, 1.807) is 25.1 Å². The van der Waals surface area contributed by atoms with E-state index in [4.69, 9.17) is 9.84 Å². The second kappa shape index (κ2) is 9.71. The quantitative estimate of drug-likeness (QED) is 0.468. The number of halogens is 1. The summed E-state index contributed by atoms with van der Waals surface area (Å²) in [6, 6.07) is 9.42. The summed E-state index contributed by atoms with van der Waals surface area (Å²) in [5.41, 5.74) is 5.07. The number of aliphatic hydroxyl groups is 1. The summed E-state index contributed by atoms with van der Waals surface area (Å²) in [6.07, 6.45) is -2.74. The highest BCUT2D eigenvalue weighted by Crippen LogP contribution is 2.40. The minimum atomic E-state index is -4.08. The zero-order valence-corrected chi connectivity index (χ0v) is 16.9. The van der Waals surface area contributed by atoms with Gasteiger partial charge in [-0.05, 0) is 54.4 Å². The fourth-order valence-corrected chi connectivity index (χ4v) is 3.76. The maximum Gasteiger partial charge on any atom is 0.305 e. The molecule has 154 valence electrons. The van der Waals surface area contributed by atoms with E-state index in [9.17, 15) is 23.7 Å². The molecule has 0 heterocycles. The predicted molar refractivity (Wildman–Crippen MR) is 106 cm³/mol. The highest BCUT2D eigenvalue weighted by atomic mass is 31.2. The Labute approximate surface area is 168 Å². The molecule has 1 unspecified atom stereocenters. The monoisotopic (exact) mass is 420 g/mol. The van der Waals surface area contributed by atoms with Crippen LogP contribution in [0.1, 0.15) is 28.7 Å². The molecule has 2 atom stereocenters. The van der Waals surface area contributed by atoms with E-state index in [2.05, 4.69) is 11.6 Å².